The number of carbonyl (C=O) groups is 1. The van der Waals surface area contributed by atoms with Crippen molar-refractivity contribution in [1.82, 2.24) is 14.9 Å². The number of hydrogen-bond acceptors (Lipinski definition) is 6. The number of sulfone groups is 1. The summed E-state index contributed by atoms with van der Waals surface area (Å²) in [5.41, 5.74) is 1.19. The highest BCUT2D eigenvalue weighted by Crippen LogP contribution is 2.45. The second-order valence-corrected chi connectivity index (χ2v) is 11.6. The van der Waals surface area contributed by atoms with E-state index in [4.69, 9.17) is 11.6 Å². The first-order valence-corrected chi connectivity index (χ1v) is 13.0. The molecule has 0 saturated heterocycles. The number of halogens is 1. The fraction of sp³-hybridized carbons (Fsp3) is 0.348. The maximum Gasteiger partial charge on any atom is 0.264 e. The number of nitrogens with zero attached hydrogens (tertiary/aromatic N) is 3. The molecule has 1 N–H and O–H groups in total. The van der Waals surface area contributed by atoms with Crippen LogP contribution >= 0.6 is 11.6 Å². The van der Waals surface area contributed by atoms with E-state index >= 15 is 0 Å². The molecule has 5 rings (SSSR count). The highest BCUT2D eigenvalue weighted by molar-refractivity contribution is 7.92. The molecule has 1 aromatic carbocycles. The molecule has 33 heavy (non-hydrogen) atoms. The van der Waals surface area contributed by atoms with Crippen LogP contribution in [0.25, 0.3) is 10.9 Å². The molecule has 0 unspecified atom stereocenters. The summed E-state index contributed by atoms with van der Waals surface area (Å²) in [5.74, 6) is 0.134. The SMILES string of the molecule is CS(=O)(=O)C1(CN2CCn3c(=O)c(C(=O)NCc4ccc(Cl)cc4)cc4ccnc2c43)CC1. The van der Waals surface area contributed by atoms with Crippen molar-refractivity contribution in [3.63, 3.8) is 0 Å². The van der Waals surface area contributed by atoms with Crippen molar-refractivity contribution in [2.75, 3.05) is 24.2 Å². The molecule has 1 amide bonds. The molecule has 1 fully saturated rings. The Balaban J connectivity index is 1.46. The number of hydrogen-bond donors (Lipinski definition) is 1. The third kappa shape index (κ3) is 3.89. The van der Waals surface area contributed by atoms with Gasteiger partial charge in [0.1, 0.15) is 5.56 Å². The lowest BCUT2D eigenvalue weighted by molar-refractivity contribution is 0.0949. The van der Waals surface area contributed by atoms with Gasteiger partial charge in [-0.2, -0.15) is 0 Å². The Hall–Kier alpha value is -2.91. The fourth-order valence-electron chi connectivity index (χ4n) is 4.42. The van der Waals surface area contributed by atoms with Crippen LogP contribution in [0.4, 0.5) is 5.82 Å². The van der Waals surface area contributed by atoms with Crippen LogP contribution in [0.1, 0.15) is 28.8 Å². The fourth-order valence-corrected chi connectivity index (χ4v) is 5.78. The van der Waals surface area contributed by atoms with E-state index in [9.17, 15) is 18.0 Å². The maximum atomic E-state index is 13.2. The third-order valence-electron chi connectivity index (χ3n) is 6.56. The molecule has 0 radical (unpaired) electrons. The Labute approximate surface area is 196 Å². The Kier molecular flexibility index (Phi) is 5.21. The van der Waals surface area contributed by atoms with Crippen LogP contribution < -0.4 is 15.8 Å². The molecule has 2 aromatic heterocycles. The van der Waals surface area contributed by atoms with Crippen LogP contribution in [0, 0.1) is 0 Å². The third-order valence-corrected chi connectivity index (χ3v) is 8.92. The number of benzene rings is 1. The van der Waals surface area contributed by atoms with Gasteiger partial charge in [0, 0.05) is 49.0 Å². The minimum Gasteiger partial charge on any atom is -0.351 e. The first-order chi connectivity index (χ1) is 15.7. The second-order valence-electron chi connectivity index (χ2n) is 8.77. The first kappa shape index (κ1) is 21.9. The van der Waals surface area contributed by atoms with Crippen molar-refractivity contribution < 1.29 is 13.2 Å². The summed E-state index contributed by atoms with van der Waals surface area (Å²) in [6, 6.07) is 10.5. The van der Waals surface area contributed by atoms with Crippen molar-refractivity contribution in [3.8, 4) is 0 Å². The smallest absolute Gasteiger partial charge is 0.264 e. The molecule has 3 heterocycles. The van der Waals surface area contributed by atoms with Crippen LogP contribution in [-0.4, -0.2) is 48.0 Å². The summed E-state index contributed by atoms with van der Waals surface area (Å²) < 4.78 is 25.4. The minimum absolute atomic E-state index is 0.0665. The van der Waals surface area contributed by atoms with E-state index in [-0.39, 0.29) is 17.7 Å². The van der Waals surface area contributed by atoms with Crippen molar-refractivity contribution in [2.45, 2.75) is 30.7 Å². The van der Waals surface area contributed by atoms with Crippen LogP contribution in [0.3, 0.4) is 0 Å². The van der Waals surface area contributed by atoms with Crippen LogP contribution in [0.2, 0.25) is 5.02 Å². The van der Waals surface area contributed by atoms with Crippen LogP contribution in [0.5, 0.6) is 0 Å². The summed E-state index contributed by atoms with van der Waals surface area (Å²) in [6.07, 6.45) is 4.18. The number of nitrogens with one attached hydrogen (secondary N) is 1. The molecule has 2 aliphatic rings. The van der Waals surface area contributed by atoms with Gasteiger partial charge in [-0.05, 0) is 42.7 Å². The summed E-state index contributed by atoms with van der Waals surface area (Å²) in [7, 11) is -3.19. The molecule has 1 aliphatic heterocycles. The Morgan fingerprint density at radius 1 is 1.18 bits per heavy atom. The van der Waals surface area contributed by atoms with Crippen molar-refractivity contribution >= 4 is 44.1 Å². The molecule has 0 bridgehead atoms. The van der Waals surface area contributed by atoms with Crippen molar-refractivity contribution in [2.24, 2.45) is 0 Å². The highest BCUT2D eigenvalue weighted by Gasteiger charge is 2.53. The predicted molar refractivity (Wildman–Crippen MR) is 128 cm³/mol. The van der Waals surface area contributed by atoms with E-state index in [1.54, 1.807) is 35.0 Å². The molecule has 172 valence electrons. The topological polar surface area (TPSA) is 101 Å². The summed E-state index contributed by atoms with van der Waals surface area (Å²) in [4.78, 5) is 32.5. The van der Waals surface area contributed by atoms with Gasteiger partial charge in [0.15, 0.2) is 15.7 Å². The lowest BCUT2D eigenvalue weighted by Crippen LogP contribution is -2.45. The lowest BCUT2D eigenvalue weighted by Gasteiger charge is -2.33. The second kappa shape index (κ2) is 7.85. The molecular weight excluding hydrogens is 464 g/mol. The van der Waals surface area contributed by atoms with Crippen molar-refractivity contribution in [1.29, 1.82) is 0 Å². The van der Waals surface area contributed by atoms with Gasteiger partial charge in [-0.25, -0.2) is 13.4 Å². The van der Waals surface area contributed by atoms with E-state index < -0.39 is 20.5 Å². The molecule has 8 nitrogen and oxygen atoms in total. The molecule has 0 spiro atoms. The van der Waals surface area contributed by atoms with Gasteiger partial charge in [0.2, 0.25) is 0 Å². The van der Waals surface area contributed by atoms with Crippen LogP contribution in [0.15, 0.2) is 47.4 Å². The maximum absolute atomic E-state index is 13.2. The minimum atomic E-state index is -3.19. The number of aromatic nitrogens is 2. The number of amides is 1. The lowest BCUT2D eigenvalue weighted by atomic mass is 10.1. The summed E-state index contributed by atoms with van der Waals surface area (Å²) in [5, 5.41) is 4.12. The van der Waals surface area contributed by atoms with Crippen molar-refractivity contribution in [3.05, 3.63) is 69.1 Å². The van der Waals surface area contributed by atoms with Gasteiger partial charge in [0.25, 0.3) is 11.5 Å². The van der Waals surface area contributed by atoms with Gasteiger partial charge in [-0.3, -0.25) is 9.59 Å². The number of anilines is 1. The average molecular weight is 487 g/mol. The van der Waals surface area contributed by atoms with E-state index in [1.807, 2.05) is 17.0 Å². The molecule has 10 heteroatoms. The van der Waals surface area contributed by atoms with Gasteiger partial charge in [0.05, 0.1) is 10.3 Å². The molecule has 3 aromatic rings. The Morgan fingerprint density at radius 2 is 1.91 bits per heavy atom. The standard InChI is InChI=1S/C23H23ClN4O4S/c1-33(31,32)23(7-8-23)14-27-10-11-28-19-16(6-9-25-20(19)27)12-18(22(28)30)21(29)26-13-15-2-4-17(24)5-3-15/h2-6,9,12H,7-8,10-11,13-14H2,1H3,(H,26,29). The van der Waals surface area contributed by atoms with E-state index in [0.29, 0.717) is 54.2 Å². The molecule has 1 saturated carbocycles. The summed E-state index contributed by atoms with van der Waals surface area (Å²) in [6.45, 7) is 1.43. The Morgan fingerprint density at radius 3 is 2.58 bits per heavy atom. The van der Waals surface area contributed by atoms with E-state index in [0.717, 1.165) is 5.56 Å². The van der Waals surface area contributed by atoms with Gasteiger partial charge < -0.3 is 14.8 Å². The van der Waals surface area contributed by atoms with Gasteiger partial charge in [-0.15, -0.1) is 0 Å². The van der Waals surface area contributed by atoms with Gasteiger partial charge >= 0.3 is 0 Å². The number of rotatable bonds is 6. The zero-order valence-electron chi connectivity index (χ0n) is 18.0. The average Bonchev–Trinajstić information content (AvgIpc) is 3.57. The Bertz CT molecular complexity index is 1430. The highest BCUT2D eigenvalue weighted by atomic mass is 35.5. The quantitative estimate of drug-likeness (QED) is 0.574. The van der Waals surface area contributed by atoms with E-state index in [2.05, 4.69) is 10.3 Å². The number of pyridine rings is 2. The zero-order chi connectivity index (χ0) is 23.4. The molecule has 1 aliphatic carbocycles. The largest absolute Gasteiger partial charge is 0.351 e. The normalized spacial score (nSPS) is 16.6. The van der Waals surface area contributed by atoms with Crippen LogP contribution in [-0.2, 0) is 22.9 Å². The monoisotopic (exact) mass is 486 g/mol. The molecular formula is C23H23ClN4O4S. The predicted octanol–water partition coefficient (Wildman–Crippen LogP) is 2.38. The number of carbonyl (C=O) groups excluding carboxylic acids is 1. The first-order valence-electron chi connectivity index (χ1n) is 10.7. The summed E-state index contributed by atoms with van der Waals surface area (Å²) >= 11 is 5.90. The van der Waals surface area contributed by atoms with Gasteiger partial charge in [-0.1, -0.05) is 23.7 Å². The van der Waals surface area contributed by atoms with E-state index in [1.165, 1.54) is 6.26 Å². The zero-order valence-corrected chi connectivity index (χ0v) is 19.6. The molecule has 0 atom stereocenters.